The van der Waals surface area contributed by atoms with E-state index in [2.05, 4.69) is 10.1 Å². The van der Waals surface area contributed by atoms with Crippen LogP contribution in [0.3, 0.4) is 0 Å². The second kappa shape index (κ2) is 7.78. The molecule has 0 unspecified atom stereocenters. The van der Waals surface area contributed by atoms with Crippen molar-refractivity contribution in [1.29, 1.82) is 0 Å². The van der Waals surface area contributed by atoms with Crippen LogP contribution in [0.5, 0.6) is 0 Å². The van der Waals surface area contributed by atoms with E-state index in [-0.39, 0.29) is 13.2 Å². The number of alkyl carbamates (subject to hydrolysis) is 1. The van der Waals surface area contributed by atoms with Gasteiger partial charge in [-0.25, -0.2) is 4.79 Å². The molecule has 0 rings (SSSR count). The van der Waals surface area contributed by atoms with Gasteiger partial charge in [-0.1, -0.05) is 34.8 Å². The maximum absolute atomic E-state index is 12.4. The quantitative estimate of drug-likeness (QED) is 0.592. The van der Waals surface area contributed by atoms with E-state index < -0.39 is 23.3 Å². The summed E-state index contributed by atoms with van der Waals surface area (Å²) in [7, 11) is -2.70. The molecule has 0 heterocycles. The summed E-state index contributed by atoms with van der Waals surface area (Å²) in [6.07, 6.45) is -0.911. The molecule has 18 heavy (non-hydrogen) atoms. The summed E-state index contributed by atoms with van der Waals surface area (Å²) < 4.78 is 24.8. The van der Waals surface area contributed by atoms with Gasteiger partial charge in [0.15, 0.2) is 5.78 Å². The van der Waals surface area contributed by atoms with Crippen molar-refractivity contribution in [3.05, 3.63) is 0 Å². The average Bonchev–Trinajstić information content (AvgIpc) is 2.24. The third kappa shape index (κ3) is 5.51. The summed E-state index contributed by atoms with van der Waals surface area (Å²) in [5.74, 6) is -1.47. The summed E-state index contributed by atoms with van der Waals surface area (Å²) in [6, 6.07) is 0. The molecule has 0 bridgehead atoms. The number of methoxy groups -OCH3 is 1. The van der Waals surface area contributed by atoms with Gasteiger partial charge in [-0.05, 0) is 13.8 Å². The molecule has 0 saturated carbocycles. The Bertz CT molecular complexity index is 312. The smallest absolute Gasteiger partial charge is 0.407 e. The van der Waals surface area contributed by atoms with Crippen molar-refractivity contribution >= 4 is 48.5 Å². The molecular weight excluding hydrogens is 327 g/mol. The van der Waals surface area contributed by atoms with Gasteiger partial charge in [-0.3, -0.25) is 4.57 Å². The van der Waals surface area contributed by atoms with E-state index in [0.29, 0.717) is 0 Å². The highest BCUT2D eigenvalue weighted by Gasteiger charge is 2.50. The van der Waals surface area contributed by atoms with Crippen LogP contribution in [0.25, 0.3) is 0 Å². The van der Waals surface area contributed by atoms with Crippen LogP contribution in [0.15, 0.2) is 0 Å². The zero-order chi connectivity index (χ0) is 14.4. The number of halogens is 3. The normalized spacial score (nSPS) is 14.1. The lowest BCUT2D eigenvalue weighted by atomic mass is 10.7. The molecule has 0 aromatic heterocycles. The molecular formula is C8H15Cl3NO5P. The van der Waals surface area contributed by atoms with E-state index in [1.54, 1.807) is 13.8 Å². The van der Waals surface area contributed by atoms with Crippen LogP contribution in [-0.2, 0) is 18.3 Å². The minimum atomic E-state index is -3.83. The highest BCUT2D eigenvalue weighted by atomic mass is 35.6. The first kappa shape index (κ1) is 18.3. The van der Waals surface area contributed by atoms with E-state index in [1.165, 1.54) is 0 Å². The summed E-state index contributed by atoms with van der Waals surface area (Å²) in [5.41, 5.74) is 0. The molecule has 1 N–H and O–H groups in total. The zero-order valence-corrected chi connectivity index (χ0v) is 13.3. The fraction of sp³-hybridized carbons (Fsp3) is 0.875. The van der Waals surface area contributed by atoms with Gasteiger partial charge in [0.25, 0.3) is 0 Å². The van der Waals surface area contributed by atoms with E-state index >= 15 is 0 Å². The van der Waals surface area contributed by atoms with Crippen molar-refractivity contribution in [1.82, 2.24) is 5.32 Å². The average molecular weight is 343 g/mol. The van der Waals surface area contributed by atoms with Crippen molar-refractivity contribution in [3.63, 3.8) is 0 Å². The molecule has 0 saturated heterocycles. The third-order valence-electron chi connectivity index (χ3n) is 1.68. The van der Waals surface area contributed by atoms with Gasteiger partial charge in [0.05, 0.1) is 20.3 Å². The first-order valence-electron chi connectivity index (χ1n) is 5.01. The van der Waals surface area contributed by atoms with Gasteiger partial charge in [0.1, 0.15) is 0 Å². The molecule has 0 aromatic rings. The monoisotopic (exact) mass is 341 g/mol. The van der Waals surface area contributed by atoms with Crippen LogP contribution in [0.1, 0.15) is 13.8 Å². The molecule has 0 fully saturated rings. The number of hydrogen-bond donors (Lipinski definition) is 1. The van der Waals surface area contributed by atoms with Crippen LogP contribution < -0.4 is 5.32 Å². The van der Waals surface area contributed by atoms with E-state index in [9.17, 15) is 9.36 Å². The molecule has 108 valence electrons. The standard InChI is InChI=1S/C8H15Cl3NO5P/c1-4-16-18(14,17-5-2)6(8(9,10)11)12-7(13)15-3/h6H,4-5H2,1-3H3,(H,12,13)/t6-/m1/s1. The Labute approximate surface area is 121 Å². The first-order chi connectivity index (χ1) is 8.21. The van der Waals surface area contributed by atoms with Crippen molar-refractivity contribution in [2.45, 2.75) is 23.4 Å². The Balaban J connectivity index is 5.24. The highest BCUT2D eigenvalue weighted by molar-refractivity contribution is 7.55. The Hall–Kier alpha value is 0.290. The predicted molar refractivity (Wildman–Crippen MR) is 70.5 cm³/mol. The molecule has 0 aliphatic carbocycles. The summed E-state index contributed by atoms with van der Waals surface area (Å²) >= 11 is 17.1. The number of nitrogens with one attached hydrogen (secondary N) is 1. The van der Waals surface area contributed by atoms with Crippen LogP contribution in [0.2, 0.25) is 0 Å². The largest absolute Gasteiger partial charge is 0.453 e. The van der Waals surface area contributed by atoms with Gasteiger partial charge in [-0.2, -0.15) is 0 Å². The van der Waals surface area contributed by atoms with E-state index in [1.807, 2.05) is 0 Å². The predicted octanol–water partition coefficient (Wildman–Crippen LogP) is 3.30. The topological polar surface area (TPSA) is 73.9 Å². The van der Waals surface area contributed by atoms with E-state index in [4.69, 9.17) is 43.9 Å². The van der Waals surface area contributed by atoms with Crippen LogP contribution in [0, 0.1) is 0 Å². The van der Waals surface area contributed by atoms with Gasteiger partial charge < -0.3 is 19.1 Å². The Morgan fingerprint density at radius 1 is 1.28 bits per heavy atom. The second-order valence-electron chi connectivity index (χ2n) is 2.96. The van der Waals surface area contributed by atoms with Crippen LogP contribution in [0.4, 0.5) is 4.79 Å². The van der Waals surface area contributed by atoms with Crippen molar-refractivity contribution in [2.24, 2.45) is 0 Å². The zero-order valence-electron chi connectivity index (χ0n) is 10.1. The molecule has 0 radical (unpaired) electrons. The maximum atomic E-state index is 12.4. The summed E-state index contributed by atoms with van der Waals surface area (Å²) in [5, 5.41) is 2.15. The fourth-order valence-electron chi connectivity index (χ4n) is 1.06. The third-order valence-corrected chi connectivity index (χ3v) is 5.18. The molecule has 0 aliphatic rings. The number of carbonyl (C=O) groups is 1. The molecule has 1 amide bonds. The van der Waals surface area contributed by atoms with Crippen molar-refractivity contribution < 1.29 is 23.1 Å². The van der Waals surface area contributed by atoms with Crippen molar-refractivity contribution in [2.75, 3.05) is 20.3 Å². The van der Waals surface area contributed by atoms with E-state index in [0.717, 1.165) is 7.11 Å². The summed E-state index contributed by atoms with van der Waals surface area (Å²) in [6.45, 7) is 3.33. The summed E-state index contributed by atoms with van der Waals surface area (Å²) in [4.78, 5) is 11.2. The lowest BCUT2D eigenvalue weighted by Gasteiger charge is -2.30. The number of rotatable bonds is 6. The Kier molecular flexibility index (Phi) is 7.90. The van der Waals surface area contributed by atoms with Gasteiger partial charge in [-0.15, -0.1) is 0 Å². The first-order valence-corrected chi connectivity index (χ1v) is 7.75. The van der Waals surface area contributed by atoms with Crippen LogP contribution >= 0.6 is 42.4 Å². The molecule has 0 aromatic carbocycles. The van der Waals surface area contributed by atoms with Crippen LogP contribution in [-0.4, -0.2) is 36.0 Å². The molecule has 0 aliphatic heterocycles. The van der Waals surface area contributed by atoms with Gasteiger partial charge in [0, 0.05) is 0 Å². The lowest BCUT2D eigenvalue weighted by molar-refractivity contribution is 0.163. The molecule has 1 atom stereocenters. The molecule has 0 spiro atoms. The maximum Gasteiger partial charge on any atom is 0.407 e. The SMILES string of the molecule is CCOP(=O)(OCC)[C@@H](NC(=O)OC)C(Cl)(Cl)Cl. The minimum Gasteiger partial charge on any atom is -0.453 e. The number of amides is 1. The number of ether oxygens (including phenoxy) is 1. The van der Waals surface area contributed by atoms with Crippen molar-refractivity contribution in [3.8, 4) is 0 Å². The fourth-order valence-corrected chi connectivity index (χ4v) is 4.01. The Morgan fingerprint density at radius 2 is 1.72 bits per heavy atom. The highest BCUT2D eigenvalue weighted by Crippen LogP contribution is 2.58. The number of hydrogen-bond acceptors (Lipinski definition) is 5. The number of carbonyl (C=O) groups excluding carboxylic acids is 1. The lowest BCUT2D eigenvalue weighted by Crippen LogP contribution is -2.44. The van der Waals surface area contributed by atoms with Gasteiger partial charge >= 0.3 is 13.7 Å². The molecule has 6 nitrogen and oxygen atoms in total. The second-order valence-corrected chi connectivity index (χ2v) is 7.44. The molecule has 10 heteroatoms. The number of alkyl halides is 3. The van der Waals surface area contributed by atoms with Gasteiger partial charge in [0.2, 0.25) is 3.79 Å². The Morgan fingerprint density at radius 3 is 2.00 bits per heavy atom. The minimum absolute atomic E-state index is 0.0668.